The number of nitrogens with one attached hydrogen (secondary N) is 2. The molecule has 1 aromatic rings. The Bertz CT molecular complexity index is 536. The van der Waals surface area contributed by atoms with E-state index < -0.39 is 17.3 Å². The smallest absolute Gasteiger partial charge is 0.259 e. The van der Waals surface area contributed by atoms with Gasteiger partial charge in [0.2, 0.25) is 0 Å². The van der Waals surface area contributed by atoms with E-state index in [9.17, 15) is 14.7 Å². The third-order valence-corrected chi connectivity index (χ3v) is 2.59. The van der Waals surface area contributed by atoms with E-state index in [1.165, 1.54) is 24.3 Å². The highest BCUT2D eigenvalue weighted by Crippen LogP contribution is 2.26. The van der Waals surface area contributed by atoms with Gasteiger partial charge < -0.3 is 20.8 Å². The standard InChI is InChI=1S/C11H10N2O4S/c14-7-2-1-5(4-8(7)15)3-6-9(16)12-11(18)13-10(6)17/h1-4,11,14-15,18H,(H,12,16)(H,13,17). The normalized spacial score (nSPS) is 19.2. The maximum absolute atomic E-state index is 11.6. The fourth-order valence-corrected chi connectivity index (χ4v) is 1.71. The third kappa shape index (κ3) is 2.40. The Balaban J connectivity index is 2.34. The number of rotatable bonds is 1. The van der Waals surface area contributed by atoms with Crippen LogP contribution in [0.3, 0.4) is 0 Å². The number of carbonyl (C=O) groups excluding carboxylic acids is 2. The van der Waals surface area contributed by atoms with E-state index in [1.807, 2.05) is 0 Å². The molecule has 0 unspecified atom stereocenters. The van der Waals surface area contributed by atoms with Gasteiger partial charge in [0.05, 0.1) is 0 Å². The molecule has 2 amide bonds. The molecular formula is C11H10N2O4S. The number of hydrogen-bond donors (Lipinski definition) is 5. The maximum Gasteiger partial charge on any atom is 0.259 e. The van der Waals surface area contributed by atoms with Gasteiger partial charge in [0.25, 0.3) is 11.8 Å². The van der Waals surface area contributed by atoms with Crippen LogP contribution >= 0.6 is 12.6 Å². The first kappa shape index (κ1) is 12.3. The number of aromatic hydroxyl groups is 2. The lowest BCUT2D eigenvalue weighted by Crippen LogP contribution is -2.52. The molecule has 4 N–H and O–H groups in total. The molecule has 1 aliphatic rings. The summed E-state index contributed by atoms with van der Waals surface area (Å²) in [7, 11) is 0. The minimum Gasteiger partial charge on any atom is -0.504 e. The molecule has 0 saturated carbocycles. The number of amides is 2. The van der Waals surface area contributed by atoms with E-state index in [4.69, 9.17) is 5.11 Å². The summed E-state index contributed by atoms with van der Waals surface area (Å²) in [5.41, 5.74) is -0.385. The SMILES string of the molecule is O=C1NC(S)NC(=O)C1=Cc1ccc(O)c(O)c1. The third-order valence-electron chi connectivity index (χ3n) is 2.34. The zero-order valence-electron chi connectivity index (χ0n) is 9.04. The predicted molar refractivity (Wildman–Crippen MR) is 66.8 cm³/mol. The molecule has 94 valence electrons. The number of carbonyl (C=O) groups is 2. The fourth-order valence-electron chi connectivity index (χ4n) is 1.47. The van der Waals surface area contributed by atoms with Gasteiger partial charge in [0.1, 0.15) is 11.1 Å². The van der Waals surface area contributed by atoms with Crippen molar-refractivity contribution in [3.63, 3.8) is 0 Å². The van der Waals surface area contributed by atoms with Gasteiger partial charge in [-0.2, -0.15) is 0 Å². The number of phenols is 2. The molecule has 0 aliphatic carbocycles. The van der Waals surface area contributed by atoms with Gasteiger partial charge >= 0.3 is 0 Å². The minimum absolute atomic E-state index is 0.0922. The van der Waals surface area contributed by atoms with Gasteiger partial charge in [0, 0.05) is 0 Å². The molecule has 0 spiro atoms. The van der Waals surface area contributed by atoms with Gasteiger partial charge in [-0.3, -0.25) is 9.59 Å². The minimum atomic E-state index is -0.713. The molecular weight excluding hydrogens is 256 g/mol. The maximum atomic E-state index is 11.6. The lowest BCUT2D eigenvalue weighted by Gasteiger charge is -2.21. The van der Waals surface area contributed by atoms with Gasteiger partial charge in [0.15, 0.2) is 11.5 Å². The van der Waals surface area contributed by atoms with Crippen LogP contribution in [0.1, 0.15) is 5.56 Å². The topological polar surface area (TPSA) is 98.7 Å². The molecule has 0 aromatic heterocycles. The van der Waals surface area contributed by atoms with Crippen molar-refractivity contribution in [2.45, 2.75) is 5.50 Å². The van der Waals surface area contributed by atoms with Crippen molar-refractivity contribution < 1.29 is 19.8 Å². The summed E-state index contributed by atoms with van der Waals surface area (Å²) in [5.74, 6) is -1.70. The average Bonchev–Trinajstić information content (AvgIpc) is 2.28. The van der Waals surface area contributed by atoms with E-state index in [0.29, 0.717) is 5.56 Å². The van der Waals surface area contributed by atoms with Crippen molar-refractivity contribution in [3.8, 4) is 11.5 Å². The lowest BCUT2D eigenvalue weighted by molar-refractivity contribution is -0.126. The quantitative estimate of drug-likeness (QED) is 0.213. The first-order chi connectivity index (χ1) is 8.47. The Labute approximate surface area is 108 Å². The second-order valence-electron chi connectivity index (χ2n) is 3.66. The van der Waals surface area contributed by atoms with Crippen LogP contribution in [0, 0.1) is 0 Å². The Morgan fingerprint density at radius 2 is 1.72 bits per heavy atom. The predicted octanol–water partition coefficient (Wildman–Crippen LogP) is -0.0594. The average molecular weight is 266 g/mol. The zero-order valence-corrected chi connectivity index (χ0v) is 9.94. The molecule has 0 radical (unpaired) electrons. The largest absolute Gasteiger partial charge is 0.504 e. The second-order valence-corrected chi connectivity index (χ2v) is 4.17. The highest BCUT2D eigenvalue weighted by molar-refractivity contribution is 7.80. The van der Waals surface area contributed by atoms with E-state index >= 15 is 0 Å². The number of hydrogen-bond acceptors (Lipinski definition) is 5. The van der Waals surface area contributed by atoms with Crippen LogP contribution in [0.4, 0.5) is 0 Å². The van der Waals surface area contributed by atoms with Crippen LogP contribution in [0.25, 0.3) is 6.08 Å². The first-order valence-electron chi connectivity index (χ1n) is 5.01. The summed E-state index contributed by atoms with van der Waals surface area (Å²) in [6, 6.07) is 3.98. The molecule has 0 atom stereocenters. The van der Waals surface area contributed by atoms with Crippen molar-refractivity contribution in [2.24, 2.45) is 0 Å². The molecule has 1 saturated heterocycles. The molecule has 18 heavy (non-hydrogen) atoms. The van der Waals surface area contributed by atoms with Gasteiger partial charge in [-0.05, 0) is 23.8 Å². The molecule has 2 rings (SSSR count). The Morgan fingerprint density at radius 3 is 2.28 bits per heavy atom. The highest BCUT2D eigenvalue weighted by Gasteiger charge is 2.26. The van der Waals surface area contributed by atoms with Crippen molar-refractivity contribution in [1.82, 2.24) is 10.6 Å². The van der Waals surface area contributed by atoms with E-state index in [-0.39, 0.29) is 17.1 Å². The van der Waals surface area contributed by atoms with Crippen molar-refractivity contribution in [1.29, 1.82) is 0 Å². The van der Waals surface area contributed by atoms with Gasteiger partial charge in [-0.1, -0.05) is 6.07 Å². The monoisotopic (exact) mass is 266 g/mol. The van der Waals surface area contributed by atoms with Crippen molar-refractivity contribution in [3.05, 3.63) is 29.3 Å². The second kappa shape index (κ2) is 4.61. The molecule has 0 bridgehead atoms. The van der Waals surface area contributed by atoms with Crippen molar-refractivity contribution >= 4 is 30.5 Å². The molecule has 6 nitrogen and oxygen atoms in total. The van der Waals surface area contributed by atoms with Crippen LogP contribution in [0.15, 0.2) is 23.8 Å². The van der Waals surface area contributed by atoms with Crippen LogP contribution < -0.4 is 10.6 Å². The number of benzene rings is 1. The van der Waals surface area contributed by atoms with Crippen LogP contribution in [-0.2, 0) is 9.59 Å². The van der Waals surface area contributed by atoms with Crippen molar-refractivity contribution in [2.75, 3.05) is 0 Å². The first-order valence-corrected chi connectivity index (χ1v) is 5.52. The van der Waals surface area contributed by atoms with Gasteiger partial charge in [-0.15, -0.1) is 12.6 Å². The molecule has 1 aliphatic heterocycles. The fraction of sp³-hybridized carbons (Fsp3) is 0.0909. The summed E-state index contributed by atoms with van der Waals surface area (Å²) in [6.45, 7) is 0. The zero-order chi connectivity index (χ0) is 13.3. The summed E-state index contributed by atoms with van der Waals surface area (Å²) in [4.78, 5) is 23.1. The van der Waals surface area contributed by atoms with Crippen LogP contribution in [0.5, 0.6) is 11.5 Å². The highest BCUT2D eigenvalue weighted by atomic mass is 32.1. The number of thiol groups is 1. The van der Waals surface area contributed by atoms with Crippen LogP contribution in [0.2, 0.25) is 0 Å². The molecule has 1 fully saturated rings. The molecule has 1 heterocycles. The summed E-state index contributed by atoms with van der Waals surface area (Å²) in [5, 5.41) is 23.3. The van der Waals surface area contributed by atoms with Crippen LogP contribution in [-0.4, -0.2) is 27.5 Å². The summed E-state index contributed by atoms with van der Waals surface area (Å²) < 4.78 is 0. The Hall–Kier alpha value is -2.15. The number of phenolic OH excluding ortho intramolecular Hbond substituents is 2. The van der Waals surface area contributed by atoms with Gasteiger partial charge in [-0.25, -0.2) is 0 Å². The van der Waals surface area contributed by atoms with E-state index in [0.717, 1.165) is 0 Å². The molecule has 7 heteroatoms. The van der Waals surface area contributed by atoms with E-state index in [2.05, 4.69) is 23.3 Å². The Morgan fingerprint density at radius 1 is 1.11 bits per heavy atom. The van der Waals surface area contributed by atoms with E-state index in [1.54, 1.807) is 0 Å². The lowest BCUT2D eigenvalue weighted by atomic mass is 10.1. The molecule has 1 aromatic carbocycles. The Kier molecular flexibility index (Phi) is 3.15. The summed E-state index contributed by atoms with van der Waals surface area (Å²) >= 11 is 3.91. The summed E-state index contributed by atoms with van der Waals surface area (Å²) in [6.07, 6.45) is 1.31.